The van der Waals surface area contributed by atoms with Crippen molar-refractivity contribution in [1.29, 1.82) is 0 Å². The predicted molar refractivity (Wildman–Crippen MR) is 116 cm³/mol. The number of nitrogens with zero attached hydrogens (tertiary/aromatic N) is 1. The van der Waals surface area contributed by atoms with Crippen molar-refractivity contribution in [1.82, 2.24) is 4.90 Å². The van der Waals surface area contributed by atoms with Gasteiger partial charge in [0.2, 0.25) is 0 Å². The van der Waals surface area contributed by atoms with Crippen LogP contribution in [0.1, 0.15) is 12.5 Å². The number of thioether (sulfide) groups is 1. The minimum absolute atomic E-state index is 0.0472. The summed E-state index contributed by atoms with van der Waals surface area (Å²) in [4.78, 5) is 14.6. The first-order valence-electron chi connectivity index (χ1n) is 8.86. The van der Waals surface area contributed by atoms with E-state index in [0.717, 1.165) is 5.56 Å². The number of ether oxygens (including phenoxy) is 3. The zero-order chi connectivity index (χ0) is 19.9. The van der Waals surface area contributed by atoms with E-state index >= 15 is 0 Å². The molecule has 1 amide bonds. The number of para-hydroxylation sites is 2. The Morgan fingerprint density at radius 3 is 2.54 bits per heavy atom. The Kier molecular flexibility index (Phi) is 6.95. The number of carbonyl (C=O) groups is 1. The summed E-state index contributed by atoms with van der Waals surface area (Å²) in [6, 6.07) is 15.1. The molecule has 5 nitrogen and oxygen atoms in total. The van der Waals surface area contributed by atoms with Crippen LogP contribution in [-0.4, -0.2) is 42.0 Å². The maximum absolute atomic E-state index is 12.3. The van der Waals surface area contributed by atoms with E-state index in [2.05, 4.69) is 0 Å². The van der Waals surface area contributed by atoms with Gasteiger partial charge in [-0.3, -0.25) is 9.69 Å². The number of thiocarbonyl (C=S) groups is 1. The van der Waals surface area contributed by atoms with Crippen LogP contribution in [0.4, 0.5) is 0 Å². The molecule has 7 heteroatoms. The molecule has 0 unspecified atom stereocenters. The zero-order valence-corrected chi connectivity index (χ0v) is 17.3. The van der Waals surface area contributed by atoms with Crippen LogP contribution in [0.3, 0.4) is 0 Å². The zero-order valence-electron chi connectivity index (χ0n) is 15.7. The molecule has 1 saturated heterocycles. The van der Waals surface area contributed by atoms with Gasteiger partial charge in [-0.2, -0.15) is 0 Å². The van der Waals surface area contributed by atoms with Crippen LogP contribution in [-0.2, 0) is 4.79 Å². The molecule has 0 atom stereocenters. The first-order valence-corrected chi connectivity index (χ1v) is 10.1. The van der Waals surface area contributed by atoms with Crippen molar-refractivity contribution in [2.45, 2.75) is 6.92 Å². The summed E-state index contributed by atoms with van der Waals surface area (Å²) in [6.45, 7) is 3.27. The van der Waals surface area contributed by atoms with Gasteiger partial charge in [0.05, 0.1) is 12.0 Å². The Bertz CT molecular complexity index is 897. The third-order valence-corrected chi connectivity index (χ3v) is 5.40. The molecule has 146 valence electrons. The van der Waals surface area contributed by atoms with E-state index < -0.39 is 0 Å². The highest BCUT2D eigenvalue weighted by Gasteiger charge is 2.30. The SMILES string of the molecule is CCN1C(=O)/C(=C/c2cccc(OCCOc3ccccc3OC)c2)SC1=S. The summed E-state index contributed by atoms with van der Waals surface area (Å²) >= 11 is 6.57. The van der Waals surface area contributed by atoms with Crippen LogP contribution >= 0.6 is 24.0 Å². The Morgan fingerprint density at radius 2 is 1.82 bits per heavy atom. The van der Waals surface area contributed by atoms with Gasteiger partial charge in [0.1, 0.15) is 23.3 Å². The van der Waals surface area contributed by atoms with Gasteiger partial charge >= 0.3 is 0 Å². The molecule has 1 heterocycles. The molecular weight excluding hydrogens is 394 g/mol. The van der Waals surface area contributed by atoms with E-state index in [9.17, 15) is 4.79 Å². The fraction of sp³-hybridized carbons (Fsp3) is 0.238. The van der Waals surface area contributed by atoms with Crippen molar-refractivity contribution in [2.75, 3.05) is 26.9 Å². The minimum atomic E-state index is -0.0472. The molecule has 28 heavy (non-hydrogen) atoms. The molecule has 1 fully saturated rings. The number of carbonyl (C=O) groups excluding carboxylic acids is 1. The second-order valence-corrected chi connectivity index (χ2v) is 7.52. The summed E-state index contributed by atoms with van der Waals surface area (Å²) in [5.41, 5.74) is 0.889. The Balaban J connectivity index is 1.57. The summed E-state index contributed by atoms with van der Waals surface area (Å²) in [5.74, 6) is 2.03. The van der Waals surface area contributed by atoms with Crippen LogP contribution in [0.5, 0.6) is 17.2 Å². The van der Waals surface area contributed by atoms with Gasteiger partial charge in [-0.05, 0) is 42.8 Å². The van der Waals surface area contributed by atoms with E-state index in [-0.39, 0.29) is 5.91 Å². The number of benzene rings is 2. The fourth-order valence-electron chi connectivity index (χ4n) is 2.67. The summed E-state index contributed by atoms with van der Waals surface area (Å²) < 4.78 is 17.3. The third-order valence-electron chi connectivity index (χ3n) is 4.02. The average molecular weight is 416 g/mol. The molecule has 2 aromatic rings. The lowest BCUT2D eigenvalue weighted by molar-refractivity contribution is -0.121. The van der Waals surface area contributed by atoms with Crippen molar-refractivity contribution in [3.05, 3.63) is 59.0 Å². The smallest absolute Gasteiger partial charge is 0.266 e. The van der Waals surface area contributed by atoms with Crippen molar-refractivity contribution in [3.8, 4) is 17.2 Å². The van der Waals surface area contributed by atoms with Crippen molar-refractivity contribution >= 4 is 40.3 Å². The molecule has 0 bridgehead atoms. The van der Waals surface area contributed by atoms with E-state index in [4.69, 9.17) is 26.4 Å². The molecule has 0 radical (unpaired) electrons. The highest BCUT2D eigenvalue weighted by Crippen LogP contribution is 2.32. The number of hydrogen-bond acceptors (Lipinski definition) is 6. The largest absolute Gasteiger partial charge is 0.493 e. The number of methoxy groups -OCH3 is 1. The molecule has 0 aliphatic carbocycles. The molecule has 1 aliphatic rings. The van der Waals surface area contributed by atoms with Crippen molar-refractivity contribution in [3.63, 3.8) is 0 Å². The molecule has 2 aromatic carbocycles. The van der Waals surface area contributed by atoms with E-state index in [1.165, 1.54) is 11.8 Å². The summed E-state index contributed by atoms with van der Waals surface area (Å²) in [7, 11) is 1.61. The number of hydrogen-bond donors (Lipinski definition) is 0. The van der Waals surface area contributed by atoms with Crippen LogP contribution < -0.4 is 14.2 Å². The van der Waals surface area contributed by atoms with E-state index in [1.807, 2.05) is 61.5 Å². The fourth-order valence-corrected chi connectivity index (χ4v) is 4.05. The van der Waals surface area contributed by atoms with Gasteiger partial charge in [0, 0.05) is 6.54 Å². The second kappa shape index (κ2) is 9.61. The molecule has 0 spiro atoms. The van der Waals surface area contributed by atoms with Crippen LogP contribution in [0.2, 0.25) is 0 Å². The average Bonchev–Trinajstić information content (AvgIpc) is 2.98. The summed E-state index contributed by atoms with van der Waals surface area (Å²) in [5, 5.41) is 0. The minimum Gasteiger partial charge on any atom is -0.493 e. The van der Waals surface area contributed by atoms with Crippen LogP contribution in [0.15, 0.2) is 53.4 Å². The van der Waals surface area contributed by atoms with Gasteiger partial charge < -0.3 is 14.2 Å². The van der Waals surface area contributed by atoms with Crippen LogP contribution in [0, 0.1) is 0 Å². The molecule has 3 rings (SSSR count). The maximum atomic E-state index is 12.3. The van der Waals surface area contributed by atoms with Crippen molar-refractivity contribution < 1.29 is 19.0 Å². The third kappa shape index (κ3) is 4.85. The number of likely N-dealkylation sites (N-methyl/N-ethyl adjacent to an activating group) is 1. The molecule has 1 aliphatic heterocycles. The van der Waals surface area contributed by atoms with Gasteiger partial charge in [-0.25, -0.2) is 0 Å². The monoisotopic (exact) mass is 415 g/mol. The Labute approximate surface area is 174 Å². The quantitative estimate of drug-likeness (QED) is 0.362. The van der Waals surface area contributed by atoms with Gasteiger partial charge in [0.15, 0.2) is 11.5 Å². The van der Waals surface area contributed by atoms with Crippen LogP contribution in [0.25, 0.3) is 6.08 Å². The normalized spacial score (nSPS) is 15.2. The maximum Gasteiger partial charge on any atom is 0.266 e. The lowest BCUT2D eigenvalue weighted by atomic mass is 10.2. The van der Waals surface area contributed by atoms with Crippen molar-refractivity contribution in [2.24, 2.45) is 0 Å². The highest BCUT2D eigenvalue weighted by atomic mass is 32.2. The summed E-state index contributed by atoms with van der Waals surface area (Å²) in [6.07, 6.45) is 1.84. The first-order chi connectivity index (χ1) is 13.6. The van der Waals surface area contributed by atoms with Gasteiger partial charge in [-0.15, -0.1) is 0 Å². The standard InChI is InChI=1S/C21H21NO4S2/c1-3-22-20(23)19(28-21(22)27)14-15-7-6-8-16(13-15)25-11-12-26-18-10-5-4-9-17(18)24-2/h4-10,13-14H,3,11-12H2,1-2H3/b19-14-. The predicted octanol–water partition coefficient (Wildman–Crippen LogP) is 4.37. The Hall–Kier alpha value is -2.51. The highest BCUT2D eigenvalue weighted by molar-refractivity contribution is 8.26. The Morgan fingerprint density at radius 1 is 1.07 bits per heavy atom. The van der Waals surface area contributed by atoms with Gasteiger partial charge in [0.25, 0.3) is 5.91 Å². The topological polar surface area (TPSA) is 48.0 Å². The number of rotatable bonds is 8. The van der Waals surface area contributed by atoms with Gasteiger partial charge in [-0.1, -0.05) is 48.2 Å². The van der Waals surface area contributed by atoms with E-state index in [1.54, 1.807) is 12.0 Å². The second-order valence-electron chi connectivity index (χ2n) is 5.85. The number of amides is 1. The van der Waals surface area contributed by atoms with E-state index in [0.29, 0.717) is 46.2 Å². The molecule has 0 aromatic heterocycles. The first kappa shape index (κ1) is 20.2. The lowest BCUT2D eigenvalue weighted by Crippen LogP contribution is -2.27. The molecular formula is C21H21NO4S2. The molecule has 0 saturated carbocycles. The molecule has 0 N–H and O–H groups in total. The lowest BCUT2D eigenvalue weighted by Gasteiger charge is -2.11.